The molecule has 0 amide bonds. The zero-order valence-corrected chi connectivity index (χ0v) is 8.53. The molecular formula is C10H12N2O3. The first-order chi connectivity index (χ1) is 7.22. The molecule has 0 unspecified atom stereocenters. The van der Waals surface area contributed by atoms with Crippen LogP contribution in [0.3, 0.4) is 0 Å². The van der Waals surface area contributed by atoms with Crippen LogP contribution in [0.1, 0.15) is 10.4 Å². The van der Waals surface area contributed by atoms with Crippen molar-refractivity contribution in [1.82, 2.24) is 10.2 Å². The number of aromatic nitrogens is 2. The van der Waals surface area contributed by atoms with Gasteiger partial charge in [0.15, 0.2) is 0 Å². The van der Waals surface area contributed by atoms with Crippen LogP contribution in [-0.4, -0.2) is 30.7 Å². The molecule has 1 heterocycles. The molecule has 5 heteroatoms. The van der Waals surface area contributed by atoms with Gasteiger partial charge in [-0.1, -0.05) is 6.07 Å². The summed E-state index contributed by atoms with van der Waals surface area (Å²) < 4.78 is 4.25. The average Bonchev–Trinajstić information content (AvgIpc) is 2.61. The Bertz CT molecular complexity index is 499. The van der Waals surface area contributed by atoms with Crippen molar-refractivity contribution in [2.75, 3.05) is 14.2 Å². The fourth-order valence-corrected chi connectivity index (χ4v) is 1.13. The highest BCUT2D eigenvalue weighted by Crippen LogP contribution is 2.07. The topological polar surface area (TPSA) is 75.0 Å². The summed E-state index contributed by atoms with van der Waals surface area (Å²) in [6, 6.07) is 4.85. The Morgan fingerprint density at radius 2 is 1.93 bits per heavy atom. The van der Waals surface area contributed by atoms with E-state index in [9.17, 15) is 9.59 Å². The zero-order chi connectivity index (χ0) is 11.3. The number of H-pyrrole nitrogens is 2. The van der Waals surface area contributed by atoms with Crippen molar-refractivity contribution in [1.29, 1.82) is 0 Å². The Kier molecular flexibility index (Phi) is 3.82. The van der Waals surface area contributed by atoms with Gasteiger partial charge in [0, 0.05) is 19.8 Å². The molecule has 80 valence electrons. The summed E-state index contributed by atoms with van der Waals surface area (Å²) in [7, 11) is 3.25. The summed E-state index contributed by atoms with van der Waals surface area (Å²) in [6.07, 6.45) is 0.741. The molecular weight excluding hydrogens is 196 g/mol. The lowest BCUT2D eigenvalue weighted by atomic mass is 10.2. The minimum absolute atomic E-state index is 0.164. The molecule has 0 aliphatic carbocycles. The number of carbonyl (C=O) groups excluding carboxylic acids is 1. The molecule has 2 rings (SSSR count). The quantitative estimate of drug-likeness (QED) is 0.684. The lowest BCUT2D eigenvalue weighted by Crippen LogP contribution is -1.96. The second-order valence-electron chi connectivity index (χ2n) is 2.91. The van der Waals surface area contributed by atoms with Gasteiger partial charge in [-0.2, -0.15) is 0 Å². The molecule has 0 atom stereocenters. The number of hydrogen-bond donors (Lipinski definition) is 2. The van der Waals surface area contributed by atoms with Gasteiger partial charge >= 0.3 is 0 Å². The van der Waals surface area contributed by atoms with Crippen molar-refractivity contribution in [2.45, 2.75) is 0 Å². The Labute approximate surface area is 86.0 Å². The van der Waals surface area contributed by atoms with Crippen molar-refractivity contribution < 1.29 is 9.53 Å². The molecule has 15 heavy (non-hydrogen) atoms. The SMILES string of the molecule is COC.O=Cc1ccc2c(=O)[nH][nH]c2c1. The van der Waals surface area contributed by atoms with E-state index in [4.69, 9.17) is 0 Å². The molecule has 0 bridgehead atoms. The fourth-order valence-electron chi connectivity index (χ4n) is 1.13. The standard InChI is InChI=1S/C8H6N2O2.C2H6O/c11-4-5-1-2-6-7(3-5)9-10-8(6)12;1-3-2/h1-4H,(H2,9,10,12);1-2H3. The van der Waals surface area contributed by atoms with Gasteiger partial charge in [-0.05, 0) is 12.1 Å². The average molecular weight is 208 g/mol. The van der Waals surface area contributed by atoms with E-state index in [1.54, 1.807) is 32.4 Å². The first-order valence-electron chi connectivity index (χ1n) is 4.28. The first kappa shape index (κ1) is 11.2. The summed E-state index contributed by atoms with van der Waals surface area (Å²) in [5, 5.41) is 5.67. The van der Waals surface area contributed by atoms with Gasteiger partial charge in [-0.25, -0.2) is 0 Å². The molecule has 5 nitrogen and oxygen atoms in total. The second-order valence-corrected chi connectivity index (χ2v) is 2.91. The minimum Gasteiger partial charge on any atom is -0.388 e. The second kappa shape index (κ2) is 5.11. The van der Waals surface area contributed by atoms with E-state index in [1.165, 1.54) is 0 Å². The van der Waals surface area contributed by atoms with Crippen LogP contribution in [0.25, 0.3) is 10.9 Å². The van der Waals surface area contributed by atoms with Crippen LogP contribution in [0.4, 0.5) is 0 Å². The number of hydrogen-bond acceptors (Lipinski definition) is 3. The van der Waals surface area contributed by atoms with Crippen LogP contribution >= 0.6 is 0 Å². The number of benzene rings is 1. The molecule has 0 aliphatic heterocycles. The third-order valence-corrected chi connectivity index (χ3v) is 1.74. The number of fused-ring (bicyclic) bond motifs is 1. The molecule has 2 aromatic rings. The zero-order valence-electron chi connectivity index (χ0n) is 8.53. The predicted molar refractivity (Wildman–Crippen MR) is 57.2 cm³/mol. The fraction of sp³-hybridized carbons (Fsp3) is 0.200. The van der Waals surface area contributed by atoms with Gasteiger partial charge < -0.3 is 4.74 Å². The summed E-state index contributed by atoms with van der Waals surface area (Å²) in [4.78, 5) is 21.4. The van der Waals surface area contributed by atoms with Crippen LogP contribution in [-0.2, 0) is 4.74 Å². The van der Waals surface area contributed by atoms with Gasteiger partial charge in [0.25, 0.3) is 5.56 Å². The highest BCUT2D eigenvalue weighted by Gasteiger charge is 1.99. The third kappa shape index (κ3) is 2.54. The third-order valence-electron chi connectivity index (χ3n) is 1.74. The first-order valence-corrected chi connectivity index (χ1v) is 4.28. The number of ether oxygens (including phenoxy) is 1. The molecule has 2 N–H and O–H groups in total. The molecule has 0 radical (unpaired) electrons. The van der Waals surface area contributed by atoms with Gasteiger partial charge in [-0.3, -0.25) is 19.8 Å². The van der Waals surface area contributed by atoms with E-state index in [2.05, 4.69) is 14.9 Å². The van der Waals surface area contributed by atoms with Crippen molar-refractivity contribution in [3.63, 3.8) is 0 Å². The number of carbonyl (C=O) groups is 1. The van der Waals surface area contributed by atoms with E-state index < -0.39 is 0 Å². The summed E-state index contributed by atoms with van der Waals surface area (Å²) in [6.45, 7) is 0. The van der Waals surface area contributed by atoms with E-state index in [0.29, 0.717) is 16.5 Å². The van der Waals surface area contributed by atoms with Crippen LogP contribution in [0.15, 0.2) is 23.0 Å². The Morgan fingerprint density at radius 3 is 2.53 bits per heavy atom. The number of nitrogens with one attached hydrogen (secondary N) is 2. The Hall–Kier alpha value is -1.88. The summed E-state index contributed by atoms with van der Waals surface area (Å²) in [5.74, 6) is 0. The number of aromatic amines is 2. The van der Waals surface area contributed by atoms with Crippen LogP contribution in [0.2, 0.25) is 0 Å². The molecule has 1 aromatic heterocycles. The van der Waals surface area contributed by atoms with E-state index in [-0.39, 0.29) is 5.56 Å². The highest BCUT2D eigenvalue weighted by atomic mass is 16.4. The van der Waals surface area contributed by atoms with E-state index in [0.717, 1.165) is 6.29 Å². The van der Waals surface area contributed by atoms with Crippen molar-refractivity contribution in [3.05, 3.63) is 34.1 Å². The lowest BCUT2D eigenvalue weighted by Gasteiger charge is -1.88. The number of methoxy groups -OCH3 is 1. The van der Waals surface area contributed by atoms with Gasteiger partial charge in [0.05, 0.1) is 10.9 Å². The molecule has 0 saturated heterocycles. The van der Waals surface area contributed by atoms with Crippen LogP contribution in [0, 0.1) is 0 Å². The molecule has 0 aliphatic rings. The van der Waals surface area contributed by atoms with Crippen molar-refractivity contribution in [2.24, 2.45) is 0 Å². The maximum atomic E-state index is 11.0. The van der Waals surface area contributed by atoms with Crippen molar-refractivity contribution in [3.8, 4) is 0 Å². The van der Waals surface area contributed by atoms with E-state index >= 15 is 0 Å². The monoisotopic (exact) mass is 208 g/mol. The molecule has 0 fully saturated rings. The molecule has 1 aromatic carbocycles. The van der Waals surface area contributed by atoms with Gasteiger partial charge in [0.1, 0.15) is 6.29 Å². The molecule has 0 spiro atoms. The van der Waals surface area contributed by atoms with Gasteiger partial charge in [0.2, 0.25) is 0 Å². The normalized spacial score (nSPS) is 9.47. The largest absolute Gasteiger partial charge is 0.388 e. The smallest absolute Gasteiger partial charge is 0.271 e. The van der Waals surface area contributed by atoms with Crippen molar-refractivity contribution >= 4 is 17.2 Å². The molecule has 0 saturated carbocycles. The van der Waals surface area contributed by atoms with Gasteiger partial charge in [-0.15, -0.1) is 0 Å². The summed E-state index contributed by atoms with van der Waals surface area (Å²) in [5.41, 5.74) is 1.05. The maximum absolute atomic E-state index is 11.0. The maximum Gasteiger partial charge on any atom is 0.271 e. The van der Waals surface area contributed by atoms with Crippen LogP contribution < -0.4 is 5.56 Å². The summed E-state index contributed by atoms with van der Waals surface area (Å²) >= 11 is 0. The predicted octanol–water partition coefficient (Wildman–Crippen LogP) is 0.931. The highest BCUT2D eigenvalue weighted by molar-refractivity contribution is 5.85. The minimum atomic E-state index is -0.164. The Balaban J connectivity index is 0.000000337. The van der Waals surface area contributed by atoms with Crippen LogP contribution in [0.5, 0.6) is 0 Å². The Morgan fingerprint density at radius 1 is 1.27 bits per heavy atom. The van der Waals surface area contributed by atoms with E-state index in [1.807, 2.05) is 0 Å². The lowest BCUT2D eigenvalue weighted by molar-refractivity contribution is 0.112. The number of aldehydes is 1. The number of rotatable bonds is 1.